The van der Waals surface area contributed by atoms with Gasteiger partial charge in [0.25, 0.3) is 0 Å². The molecule has 0 radical (unpaired) electrons. The molecule has 0 spiro atoms. The Labute approximate surface area is 142 Å². The van der Waals surface area contributed by atoms with Crippen LogP contribution in [0.2, 0.25) is 5.02 Å². The van der Waals surface area contributed by atoms with Gasteiger partial charge in [-0.3, -0.25) is 0 Å². The fourth-order valence-electron chi connectivity index (χ4n) is 1.74. The van der Waals surface area contributed by atoms with E-state index in [1.165, 1.54) is 0 Å². The molecule has 1 unspecified atom stereocenters. The van der Waals surface area contributed by atoms with Gasteiger partial charge in [0.15, 0.2) is 0 Å². The van der Waals surface area contributed by atoms with E-state index in [1.54, 1.807) is 7.11 Å². The molecule has 2 rings (SSSR count). The Balaban J connectivity index is 2.41. The van der Waals surface area contributed by atoms with E-state index >= 15 is 0 Å². The molecule has 19 heavy (non-hydrogen) atoms. The van der Waals surface area contributed by atoms with Gasteiger partial charge in [-0.05, 0) is 61.2 Å². The summed E-state index contributed by atoms with van der Waals surface area (Å²) in [7, 11) is 1.65. The number of hydrogen-bond acceptors (Lipinski definition) is 1. The lowest BCUT2D eigenvalue weighted by Crippen LogP contribution is -1.95. The standard InChI is InChI=1S/C14H10Br3ClO/c1-19-12-6-5-8(7-11(12)16)13(17)9-3-2-4-10(15)14(9)18/h2-7,13H,1H3. The fourth-order valence-corrected chi connectivity index (χ4v) is 3.71. The lowest BCUT2D eigenvalue weighted by Gasteiger charge is -2.14. The van der Waals surface area contributed by atoms with Crippen molar-refractivity contribution in [2.45, 2.75) is 4.83 Å². The summed E-state index contributed by atoms with van der Waals surface area (Å²) in [6.07, 6.45) is 0. The second kappa shape index (κ2) is 6.61. The minimum absolute atomic E-state index is 0.0275. The summed E-state index contributed by atoms with van der Waals surface area (Å²) < 4.78 is 7.04. The quantitative estimate of drug-likeness (QED) is 0.476. The third-order valence-corrected chi connectivity index (χ3v) is 5.68. The van der Waals surface area contributed by atoms with E-state index < -0.39 is 0 Å². The van der Waals surface area contributed by atoms with Crippen LogP contribution in [0.5, 0.6) is 5.75 Å². The summed E-state index contributed by atoms with van der Waals surface area (Å²) in [4.78, 5) is 0.0275. The van der Waals surface area contributed by atoms with Gasteiger partial charge in [0, 0.05) is 4.47 Å². The minimum Gasteiger partial charge on any atom is -0.496 e. The van der Waals surface area contributed by atoms with Crippen LogP contribution in [0, 0.1) is 0 Å². The highest BCUT2D eigenvalue weighted by atomic mass is 79.9. The second-order valence-electron chi connectivity index (χ2n) is 3.90. The van der Waals surface area contributed by atoms with Gasteiger partial charge in [-0.2, -0.15) is 0 Å². The first-order chi connectivity index (χ1) is 9.04. The topological polar surface area (TPSA) is 9.23 Å². The first kappa shape index (κ1) is 15.4. The summed E-state index contributed by atoms with van der Waals surface area (Å²) in [5, 5.41) is 0.719. The molecular weight excluding hydrogens is 459 g/mol. The van der Waals surface area contributed by atoms with Crippen LogP contribution >= 0.6 is 59.4 Å². The number of ether oxygens (including phenoxy) is 1. The van der Waals surface area contributed by atoms with Crippen molar-refractivity contribution in [2.24, 2.45) is 0 Å². The number of hydrogen-bond donors (Lipinski definition) is 0. The highest BCUT2D eigenvalue weighted by Gasteiger charge is 2.16. The Bertz CT molecular complexity index is 601. The van der Waals surface area contributed by atoms with Crippen LogP contribution < -0.4 is 4.74 Å². The van der Waals surface area contributed by atoms with Crippen LogP contribution in [0.1, 0.15) is 16.0 Å². The van der Waals surface area contributed by atoms with Gasteiger partial charge in [-0.1, -0.05) is 45.7 Å². The van der Waals surface area contributed by atoms with Crippen LogP contribution in [-0.2, 0) is 0 Å². The van der Waals surface area contributed by atoms with Gasteiger partial charge < -0.3 is 4.74 Å². The highest BCUT2D eigenvalue weighted by Crippen LogP contribution is 2.40. The third-order valence-electron chi connectivity index (χ3n) is 2.72. The summed E-state index contributed by atoms with van der Waals surface area (Å²) in [6, 6.07) is 11.9. The monoisotopic (exact) mass is 466 g/mol. The van der Waals surface area contributed by atoms with E-state index in [0.717, 1.165) is 30.8 Å². The van der Waals surface area contributed by atoms with Gasteiger partial charge in [-0.15, -0.1) is 0 Å². The molecule has 1 atom stereocenters. The van der Waals surface area contributed by atoms with Gasteiger partial charge in [0.05, 0.1) is 21.4 Å². The first-order valence-electron chi connectivity index (χ1n) is 5.46. The summed E-state index contributed by atoms with van der Waals surface area (Å²) in [6.45, 7) is 0. The first-order valence-corrected chi connectivity index (χ1v) is 8.34. The molecule has 0 heterocycles. The van der Waals surface area contributed by atoms with E-state index in [2.05, 4.69) is 47.8 Å². The Morgan fingerprint density at radius 1 is 1.11 bits per heavy atom. The highest BCUT2D eigenvalue weighted by molar-refractivity contribution is 9.11. The summed E-state index contributed by atoms with van der Waals surface area (Å²) >= 11 is 17.0. The molecule has 0 N–H and O–H groups in total. The van der Waals surface area contributed by atoms with Gasteiger partial charge in [0.2, 0.25) is 0 Å². The zero-order valence-corrected chi connectivity index (χ0v) is 15.5. The fraction of sp³-hybridized carbons (Fsp3) is 0.143. The van der Waals surface area contributed by atoms with Crippen LogP contribution in [0.3, 0.4) is 0 Å². The zero-order chi connectivity index (χ0) is 14.0. The van der Waals surface area contributed by atoms with Crippen LogP contribution in [0.15, 0.2) is 45.3 Å². The maximum absolute atomic E-state index is 6.32. The average molecular weight is 469 g/mol. The van der Waals surface area contributed by atoms with Crippen molar-refractivity contribution in [2.75, 3.05) is 7.11 Å². The molecule has 100 valence electrons. The smallest absolute Gasteiger partial charge is 0.133 e. The van der Waals surface area contributed by atoms with Crippen molar-refractivity contribution in [3.8, 4) is 5.75 Å². The Morgan fingerprint density at radius 2 is 1.84 bits per heavy atom. The molecule has 0 aliphatic rings. The molecular formula is C14H10Br3ClO. The van der Waals surface area contributed by atoms with E-state index in [-0.39, 0.29) is 4.83 Å². The SMILES string of the molecule is COc1ccc(C(Br)c2cccc(Br)c2Cl)cc1Br. The number of benzene rings is 2. The molecule has 2 aromatic rings. The van der Waals surface area contributed by atoms with Crippen molar-refractivity contribution in [1.29, 1.82) is 0 Å². The van der Waals surface area contributed by atoms with Crippen molar-refractivity contribution in [3.05, 3.63) is 61.5 Å². The molecule has 5 heteroatoms. The molecule has 0 aliphatic carbocycles. The maximum atomic E-state index is 6.32. The van der Waals surface area contributed by atoms with E-state index in [4.69, 9.17) is 16.3 Å². The Morgan fingerprint density at radius 3 is 2.47 bits per heavy atom. The molecule has 0 bridgehead atoms. The zero-order valence-electron chi connectivity index (χ0n) is 9.96. The van der Waals surface area contributed by atoms with Gasteiger partial charge in [-0.25, -0.2) is 0 Å². The van der Waals surface area contributed by atoms with Crippen molar-refractivity contribution < 1.29 is 4.74 Å². The number of halogens is 4. The Kier molecular flexibility index (Phi) is 5.35. The lowest BCUT2D eigenvalue weighted by molar-refractivity contribution is 0.412. The largest absolute Gasteiger partial charge is 0.496 e. The normalized spacial score (nSPS) is 12.3. The number of methoxy groups -OCH3 is 1. The van der Waals surface area contributed by atoms with Crippen LogP contribution in [0.4, 0.5) is 0 Å². The molecule has 0 aromatic heterocycles. The van der Waals surface area contributed by atoms with E-state index in [1.807, 2.05) is 36.4 Å². The van der Waals surface area contributed by atoms with E-state index in [0.29, 0.717) is 0 Å². The summed E-state index contributed by atoms with van der Waals surface area (Å²) in [5.74, 6) is 0.809. The second-order valence-corrected chi connectivity index (χ2v) is 6.90. The van der Waals surface area contributed by atoms with Crippen molar-refractivity contribution in [1.82, 2.24) is 0 Å². The third kappa shape index (κ3) is 3.35. The lowest BCUT2D eigenvalue weighted by atomic mass is 10.0. The molecule has 2 aromatic carbocycles. The van der Waals surface area contributed by atoms with Crippen molar-refractivity contribution in [3.63, 3.8) is 0 Å². The number of alkyl halides is 1. The summed E-state index contributed by atoms with van der Waals surface area (Å²) in [5.41, 5.74) is 2.13. The van der Waals surface area contributed by atoms with Gasteiger partial charge in [0.1, 0.15) is 5.75 Å². The maximum Gasteiger partial charge on any atom is 0.133 e. The van der Waals surface area contributed by atoms with Crippen LogP contribution in [-0.4, -0.2) is 7.11 Å². The molecule has 0 amide bonds. The molecule has 0 saturated carbocycles. The number of rotatable bonds is 3. The molecule has 0 aliphatic heterocycles. The molecule has 0 saturated heterocycles. The minimum atomic E-state index is 0.0275. The molecule has 0 fully saturated rings. The predicted molar refractivity (Wildman–Crippen MR) is 90.6 cm³/mol. The van der Waals surface area contributed by atoms with Crippen molar-refractivity contribution >= 4 is 59.4 Å². The Hall–Kier alpha value is -0.0300. The van der Waals surface area contributed by atoms with E-state index in [9.17, 15) is 0 Å². The predicted octanol–water partition coefficient (Wildman–Crippen LogP) is 6.36. The molecule has 1 nitrogen and oxygen atoms in total. The van der Waals surface area contributed by atoms with Crippen LogP contribution in [0.25, 0.3) is 0 Å². The van der Waals surface area contributed by atoms with Gasteiger partial charge >= 0.3 is 0 Å². The average Bonchev–Trinajstić information content (AvgIpc) is 2.41.